The summed E-state index contributed by atoms with van der Waals surface area (Å²) in [7, 11) is -2.72. The first-order chi connectivity index (χ1) is 27.8. The monoisotopic (exact) mass is 841 g/mol. The van der Waals surface area contributed by atoms with E-state index in [0.29, 0.717) is 28.9 Å². The molecule has 1 aromatic heterocycles. The second-order valence-electron chi connectivity index (χ2n) is 18.5. The van der Waals surface area contributed by atoms with E-state index in [1.54, 1.807) is 39.0 Å². The van der Waals surface area contributed by atoms with Crippen LogP contribution >= 0.6 is 0 Å². The van der Waals surface area contributed by atoms with Crippen LogP contribution in [0.4, 0.5) is 8.78 Å². The number of carbonyl (C=O) groups excluding carboxylic acids is 4. The van der Waals surface area contributed by atoms with E-state index in [0.717, 1.165) is 32.1 Å². The Morgan fingerprint density at radius 2 is 1.85 bits per heavy atom. The third-order valence-corrected chi connectivity index (χ3v) is 15.4. The van der Waals surface area contributed by atoms with Gasteiger partial charge in [0.2, 0.25) is 34.1 Å². The number of sulfonamides is 1. The van der Waals surface area contributed by atoms with Crippen LogP contribution in [-0.4, -0.2) is 89.9 Å². The molecule has 0 spiro atoms. The van der Waals surface area contributed by atoms with Crippen LogP contribution in [0.1, 0.15) is 104 Å². The molecule has 2 amide bonds. The first-order valence-electron chi connectivity index (χ1n) is 20.6. The smallest absolute Gasteiger partial charge is 0.306 e. The maximum absolute atomic E-state index is 14.9. The Morgan fingerprint density at radius 1 is 1.10 bits per heavy atom. The van der Waals surface area contributed by atoms with E-state index in [-0.39, 0.29) is 50.1 Å². The predicted molar refractivity (Wildman–Crippen MR) is 208 cm³/mol. The van der Waals surface area contributed by atoms with Gasteiger partial charge in [0.15, 0.2) is 5.78 Å². The normalized spacial score (nSPS) is 30.8. The van der Waals surface area contributed by atoms with E-state index in [1.807, 2.05) is 4.72 Å². The van der Waals surface area contributed by atoms with Crippen molar-refractivity contribution >= 4 is 44.6 Å². The number of aromatic nitrogens is 2. The number of fused-ring (bicyclic) bond motifs is 5. The first kappa shape index (κ1) is 42.7. The number of benzene rings is 1. The molecule has 14 nitrogen and oxygen atoms in total. The summed E-state index contributed by atoms with van der Waals surface area (Å²) in [6.07, 6.45) is -1.03. The number of carbonyl (C=O) groups is 4. The average molecular weight is 842 g/mol. The number of hydrogen-bond donors (Lipinski definition) is 1. The minimum absolute atomic E-state index is 0.146. The molecule has 8 atom stereocenters. The zero-order valence-corrected chi connectivity index (χ0v) is 35.0. The molecule has 2 aliphatic heterocycles. The fourth-order valence-corrected chi connectivity index (χ4v) is 10.2. The molecule has 320 valence electrons. The van der Waals surface area contributed by atoms with Crippen molar-refractivity contribution in [3.8, 4) is 17.7 Å². The number of Topliss-reactive ketones (excluding diaryl/α,β-unsaturated/α-hetero) is 1. The van der Waals surface area contributed by atoms with Gasteiger partial charge in [-0.1, -0.05) is 33.6 Å². The van der Waals surface area contributed by atoms with Gasteiger partial charge >= 0.3 is 5.97 Å². The molecule has 0 radical (unpaired) electrons. The lowest BCUT2D eigenvalue weighted by Crippen LogP contribution is -2.50. The topological polar surface area (TPSA) is 195 Å². The molecule has 3 heterocycles. The van der Waals surface area contributed by atoms with Gasteiger partial charge in [0.1, 0.15) is 23.7 Å². The molecular weight excluding hydrogens is 789 g/mol. The highest BCUT2D eigenvalue weighted by Gasteiger charge is 2.67. The molecule has 7 rings (SSSR count). The number of esters is 1. The standard InChI is InChI=1S/C42H53F2N5O9S/c1-40(2,3)26-19-34(51)57-32-17-23(32)9-7-6-8-10-29-37(47-30-18-24(56-5)11-12-28(30)46-29)58-33-22-49(38(26)52)35(25(33)13-16-45)31(50)21-42(20-27(42)36(43)44)39(53)48-59(54,55)41(4)14-15-41/h11-12,18,23,25-27,32-33,35-36H,6-10,13-15,17,19-22H2,1-5H3,(H,48,53)/t23-,25-,26-,27+,32-,33+,35+,42-/m1/s1. The molecule has 3 aliphatic carbocycles. The lowest BCUT2D eigenvalue weighted by molar-refractivity contribution is -0.154. The zero-order chi connectivity index (χ0) is 42.7. The summed E-state index contributed by atoms with van der Waals surface area (Å²) in [5.74, 6) is -5.91. The van der Waals surface area contributed by atoms with E-state index >= 15 is 0 Å². The SMILES string of the molecule is COc1ccc2nc3c(nc2c1)O[C@H]1CN(C(=O)[C@H](C(C)(C)C)CC(=O)O[C@@H]2C[C@H]2CCCCC3)[C@H](C(=O)C[C@]2(C(=O)NS(=O)(=O)C3(C)CC3)C[C@H]2C(F)F)[C@@H]1CC#N. The van der Waals surface area contributed by atoms with Gasteiger partial charge < -0.3 is 19.1 Å². The molecule has 0 unspecified atom stereocenters. The molecule has 3 saturated carbocycles. The number of nitriles is 1. The van der Waals surface area contributed by atoms with Gasteiger partial charge in [-0.05, 0) is 75.3 Å². The van der Waals surface area contributed by atoms with Crippen molar-refractivity contribution < 1.29 is 50.6 Å². The highest BCUT2D eigenvalue weighted by molar-refractivity contribution is 7.91. The molecule has 2 bridgehead atoms. The van der Waals surface area contributed by atoms with E-state index in [9.17, 15) is 41.6 Å². The predicted octanol–water partition coefficient (Wildman–Crippen LogP) is 5.46. The molecule has 4 fully saturated rings. The Balaban J connectivity index is 1.29. The molecule has 5 aliphatic rings. The van der Waals surface area contributed by atoms with Crippen LogP contribution in [0.5, 0.6) is 11.6 Å². The Labute approximate surface area is 343 Å². The minimum Gasteiger partial charge on any atom is -0.497 e. The van der Waals surface area contributed by atoms with E-state index in [2.05, 4.69) is 6.07 Å². The van der Waals surface area contributed by atoms with Crippen molar-refractivity contribution in [2.75, 3.05) is 13.7 Å². The van der Waals surface area contributed by atoms with Crippen LogP contribution in [0.2, 0.25) is 0 Å². The number of amides is 2. The fourth-order valence-electron chi connectivity index (χ4n) is 8.88. The van der Waals surface area contributed by atoms with Crippen LogP contribution in [0.3, 0.4) is 0 Å². The summed E-state index contributed by atoms with van der Waals surface area (Å²) in [6.45, 7) is 6.56. The van der Waals surface area contributed by atoms with Crippen LogP contribution in [-0.2, 0) is 40.4 Å². The van der Waals surface area contributed by atoms with Crippen molar-refractivity contribution in [3.63, 3.8) is 0 Å². The summed E-state index contributed by atoms with van der Waals surface area (Å²) < 4.78 is 73.7. The number of hydrogen-bond acceptors (Lipinski definition) is 12. The number of halogens is 2. The second kappa shape index (κ2) is 15.9. The minimum atomic E-state index is -4.24. The van der Waals surface area contributed by atoms with Gasteiger partial charge in [0.05, 0.1) is 59.3 Å². The molecule has 1 N–H and O–H groups in total. The summed E-state index contributed by atoms with van der Waals surface area (Å²) in [5.41, 5.74) is -1.31. The number of alkyl halides is 2. The van der Waals surface area contributed by atoms with Crippen LogP contribution in [0.25, 0.3) is 11.0 Å². The Morgan fingerprint density at radius 3 is 2.49 bits per heavy atom. The summed E-state index contributed by atoms with van der Waals surface area (Å²) >= 11 is 0. The number of nitrogens with one attached hydrogen (secondary N) is 1. The summed E-state index contributed by atoms with van der Waals surface area (Å²) in [5, 5.41) is 10.2. The average Bonchev–Trinajstić information content (AvgIpc) is 4.12. The Hall–Kier alpha value is -4.46. The van der Waals surface area contributed by atoms with Crippen LogP contribution in [0, 0.1) is 45.8 Å². The van der Waals surface area contributed by atoms with Crippen molar-refractivity contribution in [2.45, 2.75) is 134 Å². The lowest BCUT2D eigenvalue weighted by Gasteiger charge is -2.35. The fraction of sp³-hybridized carbons (Fsp3) is 0.690. The number of aryl methyl sites for hydroxylation is 1. The van der Waals surface area contributed by atoms with Crippen molar-refractivity contribution in [1.82, 2.24) is 19.6 Å². The third-order valence-electron chi connectivity index (χ3n) is 13.3. The number of nitrogens with zero attached hydrogens (tertiary/aromatic N) is 4. The third kappa shape index (κ3) is 8.61. The maximum Gasteiger partial charge on any atom is 0.306 e. The largest absolute Gasteiger partial charge is 0.497 e. The first-order valence-corrected chi connectivity index (χ1v) is 22.0. The molecular formula is C42H53F2N5O9S. The number of ether oxygens (including phenoxy) is 3. The maximum atomic E-state index is 14.9. The Bertz CT molecular complexity index is 2170. The van der Waals surface area contributed by atoms with E-state index < -0.39 is 98.3 Å². The molecule has 59 heavy (non-hydrogen) atoms. The van der Waals surface area contributed by atoms with Gasteiger partial charge in [-0.2, -0.15) is 5.26 Å². The second-order valence-corrected chi connectivity index (χ2v) is 20.7. The molecule has 1 saturated heterocycles. The number of rotatable bonds is 9. The Kier molecular flexibility index (Phi) is 11.5. The van der Waals surface area contributed by atoms with Gasteiger partial charge in [-0.15, -0.1) is 0 Å². The highest BCUT2D eigenvalue weighted by Crippen LogP contribution is 2.59. The number of methoxy groups -OCH3 is 1. The molecule has 17 heteroatoms. The van der Waals surface area contributed by atoms with E-state index in [4.69, 9.17) is 24.2 Å². The van der Waals surface area contributed by atoms with Crippen molar-refractivity contribution in [1.29, 1.82) is 5.26 Å². The summed E-state index contributed by atoms with van der Waals surface area (Å²) in [4.78, 5) is 67.9. The summed E-state index contributed by atoms with van der Waals surface area (Å²) in [6, 6.07) is 5.89. The van der Waals surface area contributed by atoms with Gasteiger partial charge in [0, 0.05) is 30.7 Å². The van der Waals surface area contributed by atoms with Crippen molar-refractivity contribution in [2.24, 2.45) is 34.5 Å². The lowest BCUT2D eigenvalue weighted by atomic mass is 9.77. The highest BCUT2D eigenvalue weighted by atomic mass is 32.2. The van der Waals surface area contributed by atoms with E-state index in [1.165, 1.54) is 18.9 Å². The van der Waals surface area contributed by atoms with Gasteiger partial charge in [-0.25, -0.2) is 27.2 Å². The van der Waals surface area contributed by atoms with Crippen LogP contribution in [0.15, 0.2) is 18.2 Å². The van der Waals surface area contributed by atoms with Gasteiger partial charge in [-0.3, -0.25) is 23.9 Å². The quantitative estimate of drug-likeness (QED) is 0.314. The van der Waals surface area contributed by atoms with Crippen LogP contribution < -0.4 is 14.2 Å². The molecule has 1 aromatic carbocycles. The van der Waals surface area contributed by atoms with Crippen molar-refractivity contribution in [3.05, 3.63) is 23.9 Å². The number of ketones is 1. The molecule has 2 aromatic rings. The zero-order valence-electron chi connectivity index (χ0n) is 34.2. The van der Waals surface area contributed by atoms with Gasteiger partial charge in [0.25, 0.3) is 0 Å².